The monoisotopic (exact) mass is 316 g/mol. The van der Waals surface area contributed by atoms with Crippen molar-refractivity contribution in [1.82, 2.24) is 9.80 Å². The minimum Gasteiger partial charge on any atom is -0.369 e. The molecule has 3 aliphatic heterocycles. The molecular formula is C17H21FN4O. The molecule has 0 aromatic heterocycles. The number of benzene rings is 1. The molecular weight excluding hydrogens is 295 g/mol. The summed E-state index contributed by atoms with van der Waals surface area (Å²) in [6.07, 6.45) is 5.14. The molecule has 0 radical (unpaired) electrons. The van der Waals surface area contributed by atoms with Crippen molar-refractivity contribution in [3.8, 4) is 0 Å². The number of hydrogen-bond donors (Lipinski definition) is 1. The third-order valence-electron chi connectivity index (χ3n) is 5.12. The number of aliphatic imine (C=N–C) groups is 1. The van der Waals surface area contributed by atoms with Gasteiger partial charge >= 0.3 is 0 Å². The Bertz CT molecular complexity index is 681. The molecule has 1 aromatic rings. The van der Waals surface area contributed by atoms with E-state index in [2.05, 4.69) is 4.99 Å². The summed E-state index contributed by atoms with van der Waals surface area (Å²) in [4.78, 5) is 20.7. The maximum Gasteiger partial charge on any atom is 0.253 e. The number of carbonyl (C=O) groups excluding carboxylic acids is 1. The van der Waals surface area contributed by atoms with Crippen molar-refractivity contribution in [3.63, 3.8) is 0 Å². The second-order valence-corrected chi connectivity index (χ2v) is 6.57. The van der Waals surface area contributed by atoms with E-state index in [1.807, 2.05) is 15.9 Å². The molecule has 0 aliphatic carbocycles. The molecule has 2 N–H and O–H groups in total. The van der Waals surface area contributed by atoms with Gasteiger partial charge in [-0.2, -0.15) is 0 Å². The first-order valence-electron chi connectivity index (χ1n) is 8.38. The zero-order chi connectivity index (χ0) is 16.0. The summed E-state index contributed by atoms with van der Waals surface area (Å²) < 4.78 is 14.5. The van der Waals surface area contributed by atoms with E-state index >= 15 is 0 Å². The Morgan fingerprint density at radius 2 is 1.96 bits per heavy atom. The van der Waals surface area contributed by atoms with Gasteiger partial charge in [0, 0.05) is 30.8 Å². The number of carbonyl (C=O) groups is 1. The highest BCUT2D eigenvalue weighted by atomic mass is 19.1. The molecule has 6 heteroatoms. The number of halogens is 1. The summed E-state index contributed by atoms with van der Waals surface area (Å²) in [7, 11) is 0. The van der Waals surface area contributed by atoms with Gasteiger partial charge in [0.25, 0.3) is 5.91 Å². The van der Waals surface area contributed by atoms with E-state index in [9.17, 15) is 9.18 Å². The standard InChI is InChI=1S/C17H21FN4O/c18-13-10-11(16(23)21-6-2-1-3-7-21)9-12-14-5-4-8-22(14)17(19)20-15(12)13/h9-10,14H,1-8H2,(H2,19,20). The SMILES string of the molecule is NC1=Nc2c(F)cc(C(=O)N3CCCCC3)cc2C2CCCN12. The van der Waals surface area contributed by atoms with Gasteiger partial charge in [-0.15, -0.1) is 0 Å². The summed E-state index contributed by atoms with van der Waals surface area (Å²) >= 11 is 0. The summed E-state index contributed by atoms with van der Waals surface area (Å²) in [6.45, 7) is 2.36. The number of nitrogens with zero attached hydrogens (tertiary/aromatic N) is 3. The second kappa shape index (κ2) is 5.51. The van der Waals surface area contributed by atoms with Gasteiger partial charge in [0.2, 0.25) is 0 Å². The first kappa shape index (κ1) is 14.5. The minimum atomic E-state index is -0.447. The molecule has 4 rings (SSSR count). The molecule has 0 spiro atoms. The average molecular weight is 316 g/mol. The van der Waals surface area contributed by atoms with Crippen LogP contribution in [0.25, 0.3) is 0 Å². The second-order valence-electron chi connectivity index (χ2n) is 6.57. The Kier molecular flexibility index (Phi) is 3.47. The smallest absolute Gasteiger partial charge is 0.253 e. The Hall–Kier alpha value is -2.11. The van der Waals surface area contributed by atoms with Gasteiger partial charge in [0.1, 0.15) is 11.5 Å². The number of likely N-dealkylation sites (tertiary alicyclic amines) is 1. The molecule has 2 saturated heterocycles. The Morgan fingerprint density at radius 3 is 2.74 bits per heavy atom. The first-order valence-corrected chi connectivity index (χ1v) is 8.38. The minimum absolute atomic E-state index is 0.0473. The number of rotatable bonds is 1. The lowest BCUT2D eigenvalue weighted by molar-refractivity contribution is 0.0723. The lowest BCUT2D eigenvalue weighted by Crippen LogP contribution is -2.39. The van der Waals surface area contributed by atoms with E-state index in [4.69, 9.17) is 5.73 Å². The fraction of sp³-hybridized carbons (Fsp3) is 0.529. The molecule has 2 fully saturated rings. The van der Waals surface area contributed by atoms with Crippen LogP contribution in [0.2, 0.25) is 0 Å². The van der Waals surface area contributed by atoms with Crippen molar-refractivity contribution in [2.75, 3.05) is 19.6 Å². The summed E-state index contributed by atoms with van der Waals surface area (Å²) in [5.41, 5.74) is 7.50. The van der Waals surface area contributed by atoms with Crippen LogP contribution in [0, 0.1) is 5.82 Å². The summed E-state index contributed by atoms with van der Waals surface area (Å²) in [6, 6.07) is 3.19. The molecule has 23 heavy (non-hydrogen) atoms. The van der Waals surface area contributed by atoms with E-state index in [0.29, 0.717) is 17.2 Å². The highest BCUT2D eigenvalue weighted by molar-refractivity contribution is 5.95. The third kappa shape index (κ3) is 2.36. The fourth-order valence-electron chi connectivity index (χ4n) is 3.94. The topological polar surface area (TPSA) is 61.9 Å². The van der Waals surface area contributed by atoms with Gasteiger partial charge in [0.15, 0.2) is 5.96 Å². The molecule has 1 unspecified atom stereocenters. The van der Waals surface area contributed by atoms with Crippen molar-refractivity contribution in [2.24, 2.45) is 10.7 Å². The number of guanidine groups is 1. The van der Waals surface area contributed by atoms with Crippen molar-refractivity contribution in [3.05, 3.63) is 29.1 Å². The zero-order valence-electron chi connectivity index (χ0n) is 13.1. The number of piperidine rings is 1. The van der Waals surface area contributed by atoms with Crippen molar-refractivity contribution >= 4 is 17.6 Å². The van der Waals surface area contributed by atoms with Crippen molar-refractivity contribution < 1.29 is 9.18 Å². The van der Waals surface area contributed by atoms with Crippen molar-refractivity contribution in [2.45, 2.75) is 38.1 Å². The van der Waals surface area contributed by atoms with Gasteiger partial charge < -0.3 is 15.5 Å². The van der Waals surface area contributed by atoms with Crippen LogP contribution in [0.4, 0.5) is 10.1 Å². The lowest BCUT2D eigenvalue weighted by atomic mass is 9.97. The van der Waals surface area contributed by atoms with Crippen LogP contribution in [0.15, 0.2) is 17.1 Å². The van der Waals surface area contributed by atoms with E-state index in [1.165, 1.54) is 6.07 Å². The maximum atomic E-state index is 14.5. The Labute approximate surface area is 135 Å². The Morgan fingerprint density at radius 1 is 1.17 bits per heavy atom. The largest absolute Gasteiger partial charge is 0.369 e. The van der Waals surface area contributed by atoms with Crippen LogP contribution in [0.5, 0.6) is 0 Å². The first-order chi connectivity index (χ1) is 11.1. The van der Waals surface area contributed by atoms with Gasteiger partial charge in [-0.3, -0.25) is 4.79 Å². The van der Waals surface area contributed by atoms with E-state index in [0.717, 1.165) is 57.3 Å². The predicted octanol–water partition coefficient (Wildman–Crippen LogP) is 2.55. The molecule has 1 amide bonds. The van der Waals surface area contributed by atoms with E-state index in [-0.39, 0.29) is 11.9 Å². The quantitative estimate of drug-likeness (QED) is 0.866. The molecule has 3 aliphatic rings. The zero-order valence-corrected chi connectivity index (χ0v) is 13.1. The predicted molar refractivity (Wildman–Crippen MR) is 86.1 cm³/mol. The van der Waals surface area contributed by atoms with E-state index < -0.39 is 5.82 Å². The third-order valence-corrected chi connectivity index (χ3v) is 5.12. The van der Waals surface area contributed by atoms with Crippen LogP contribution in [0.1, 0.15) is 54.1 Å². The Balaban J connectivity index is 1.73. The van der Waals surface area contributed by atoms with Gasteiger partial charge in [-0.05, 0) is 44.2 Å². The maximum absolute atomic E-state index is 14.5. The molecule has 1 atom stereocenters. The highest BCUT2D eigenvalue weighted by Gasteiger charge is 2.35. The van der Waals surface area contributed by atoms with Gasteiger partial charge in [-0.1, -0.05) is 0 Å². The lowest BCUT2D eigenvalue weighted by Gasteiger charge is -2.32. The summed E-state index contributed by atoms with van der Waals surface area (Å²) in [5, 5.41) is 0. The van der Waals surface area contributed by atoms with E-state index in [1.54, 1.807) is 0 Å². The summed E-state index contributed by atoms with van der Waals surface area (Å²) in [5.74, 6) is -0.134. The molecule has 0 saturated carbocycles. The average Bonchev–Trinajstić information content (AvgIpc) is 3.06. The van der Waals surface area contributed by atoms with Gasteiger partial charge in [-0.25, -0.2) is 9.38 Å². The molecule has 1 aromatic carbocycles. The van der Waals surface area contributed by atoms with Crippen LogP contribution >= 0.6 is 0 Å². The van der Waals surface area contributed by atoms with Crippen LogP contribution in [-0.2, 0) is 0 Å². The molecule has 3 heterocycles. The number of amides is 1. The highest BCUT2D eigenvalue weighted by Crippen LogP contribution is 2.42. The van der Waals surface area contributed by atoms with Crippen LogP contribution in [0.3, 0.4) is 0 Å². The number of nitrogens with two attached hydrogens (primary N) is 1. The molecule has 122 valence electrons. The number of fused-ring (bicyclic) bond motifs is 3. The molecule has 0 bridgehead atoms. The van der Waals surface area contributed by atoms with Crippen LogP contribution < -0.4 is 5.73 Å². The van der Waals surface area contributed by atoms with Crippen molar-refractivity contribution in [1.29, 1.82) is 0 Å². The molecule has 5 nitrogen and oxygen atoms in total. The normalized spacial score (nSPS) is 23.3. The number of hydrogen-bond acceptors (Lipinski definition) is 4. The fourth-order valence-corrected chi connectivity index (χ4v) is 3.94. The van der Waals surface area contributed by atoms with Gasteiger partial charge in [0.05, 0.1) is 6.04 Å². The van der Waals surface area contributed by atoms with Crippen LogP contribution in [-0.4, -0.2) is 41.3 Å².